The standard InChI is InChI=1S/C21H27N3O3/c1-3-11-23-18(25)21(19(26)24(12-4-2)20(23)27)14-15-8-5-6-9-16(15)22-13-7-10-17(21)22/h5-6,8-9,17H,3-4,7,10-14H2,1-2H3/t17-/m1/s1. The summed E-state index contributed by atoms with van der Waals surface area (Å²) < 4.78 is 0. The van der Waals surface area contributed by atoms with Gasteiger partial charge in [0.05, 0.1) is 6.04 Å². The number of anilines is 1. The van der Waals surface area contributed by atoms with Crippen molar-refractivity contribution in [1.82, 2.24) is 9.80 Å². The van der Waals surface area contributed by atoms with Crippen LogP contribution in [0.5, 0.6) is 0 Å². The minimum atomic E-state index is -1.18. The third-order valence-corrected chi connectivity index (χ3v) is 6.20. The van der Waals surface area contributed by atoms with Crippen molar-refractivity contribution in [2.75, 3.05) is 24.5 Å². The second kappa shape index (κ2) is 6.66. The van der Waals surface area contributed by atoms with Gasteiger partial charge in [0.15, 0.2) is 5.41 Å². The normalized spacial score (nSPS) is 23.9. The first-order chi connectivity index (χ1) is 13.1. The number of para-hydroxylation sites is 1. The maximum atomic E-state index is 13.6. The van der Waals surface area contributed by atoms with Crippen LogP contribution in [0.2, 0.25) is 0 Å². The van der Waals surface area contributed by atoms with Gasteiger partial charge in [-0.1, -0.05) is 32.0 Å². The average molecular weight is 369 g/mol. The van der Waals surface area contributed by atoms with Crippen molar-refractivity contribution >= 4 is 23.5 Å². The topological polar surface area (TPSA) is 60.9 Å². The smallest absolute Gasteiger partial charge is 0.333 e. The molecular weight excluding hydrogens is 342 g/mol. The number of hydrogen-bond acceptors (Lipinski definition) is 4. The predicted octanol–water partition coefficient (Wildman–Crippen LogP) is 2.81. The van der Waals surface area contributed by atoms with Crippen LogP contribution in [-0.2, 0) is 16.0 Å². The van der Waals surface area contributed by atoms with Crippen molar-refractivity contribution in [2.24, 2.45) is 5.41 Å². The molecule has 1 aromatic rings. The number of barbiturate groups is 1. The quantitative estimate of drug-likeness (QED) is 0.766. The molecule has 1 aromatic carbocycles. The maximum Gasteiger partial charge on any atom is 0.333 e. The molecule has 27 heavy (non-hydrogen) atoms. The summed E-state index contributed by atoms with van der Waals surface area (Å²) in [5.41, 5.74) is 0.982. The Kier molecular flexibility index (Phi) is 4.44. The van der Waals surface area contributed by atoms with Gasteiger partial charge in [-0.2, -0.15) is 0 Å². The SMILES string of the molecule is CCCN1C(=O)N(CCC)C(=O)C2(Cc3ccccc3N3CCC[C@@H]32)C1=O. The van der Waals surface area contributed by atoms with E-state index < -0.39 is 11.4 Å². The molecule has 144 valence electrons. The Labute approximate surface area is 160 Å². The van der Waals surface area contributed by atoms with Crippen molar-refractivity contribution in [3.05, 3.63) is 29.8 Å². The van der Waals surface area contributed by atoms with E-state index in [1.54, 1.807) is 0 Å². The number of rotatable bonds is 4. The molecule has 0 unspecified atom stereocenters. The number of carbonyl (C=O) groups is 3. The lowest BCUT2D eigenvalue weighted by atomic mass is 9.68. The fraction of sp³-hybridized carbons (Fsp3) is 0.571. The van der Waals surface area contributed by atoms with Gasteiger partial charge in [0.2, 0.25) is 11.8 Å². The Morgan fingerprint density at radius 1 is 1.00 bits per heavy atom. The van der Waals surface area contributed by atoms with E-state index in [9.17, 15) is 14.4 Å². The molecule has 2 saturated heterocycles. The first-order valence-electron chi connectivity index (χ1n) is 10.1. The minimum absolute atomic E-state index is 0.167. The highest BCUT2D eigenvalue weighted by molar-refractivity contribution is 6.20. The molecule has 1 atom stereocenters. The number of urea groups is 1. The van der Waals surface area contributed by atoms with E-state index in [2.05, 4.69) is 11.0 Å². The monoisotopic (exact) mass is 369 g/mol. The summed E-state index contributed by atoms with van der Waals surface area (Å²) in [5, 5.41) is 0. The van der Waals surface area contributed by atoms with E-state index in [0.29, 0.717) is 32.4 Å². The molecule has 3 aliphatic heterocycles. The molecule has 0 saturated carbocycles. The Morgan fingerprint density at radius 3 is 2.26 bits per heavy atom. The van der Waals surface area contributed by atoms with Gasteiger partial charge < -0.3 is 4.90 Å². The number of amides is 4. The molecule has 0 aliphatic carbocycles. The highest BCUT2D eigenvalue weighted by Crippen LogP contribution is 2.49. The third-order valence-electron chi connectivity index (χ3n) is 6.20. The molecule has 6 heteroatoms. The van der Waals surface area contributed by atoms with Gasteiger partial charge in [-0.25, -0.2) is 4.79 Å². The van der Waals surface area contributed by atoms with E-state index in [1.807, 2.05) is 32.0 Å². The van der Waals surface area contributed by atoms with Crippen LogP contribution in [0.4, 0.5) is 10.5 Å². The van der Waals surface area contributed by atoms with E-state index in [0.717, 1.165) is 30.6 Å². The van der Waals surface area contributed by atoms with E-state index in [1.165, 1.54) is 9.80 Å². The number of nitrogens with zero attached hydrogens (tertiary/aromatic N) is 3. The van der Waals surface area contributed by atoms with Crippen LogP contribution in [0.1, 0.15) is 45.1 Å². The van der Waals surface area contributed by atoms with Crippen LogP contribution >= 0.6 is 0 Å². The fourth-order valence-corrected chi connectivity index (χ4v) is 5.10. The lowest BCUT2D eigenvalue weighted by molar-refractivity contribution is -0.161. The number of fused-ring (bicyclic) bond motifs is 4. The molecule has 3 heterocycles. The third kappa shape index (κ3) is 2.42. The summed E-state index contributed by atoms with van der Waals surface area (Å²) in [4.78, 5) is 45.1. The Morgan fingerprint density at radius 2 is 1.63 bits per heavy atom. The lowest BCUT2D eigenvalue weighted by Gasteiger charge is -2.52. The molecule has 4 amide bonds. The maximum absolute atomic E-state index is 13.6. The Bertz CT molecular complexity index is 763. The van der Waals surface area contributed by atoms with Crippen molar-refractivity contribution in [3.63, 3.8) is 0 Å². The molecule has 0 radical (unpaired) electrons. The van der Waals surface area contributed by atoms with Gasteiger partial charge >= 0.3 is 6.03 Å². The highest BCUT2D eigenvalue weighted by atomic mass is 16.2. The van der Waals surface area contributed by atoms with Crippen molar-refractivity contribution in [3.8, 4) is 0 Å². The zero-order chi connectivity index (χ0) is 19.2. The first kappa shape index (κ1) is 18.0. The second-order valence-electron chi connectivity index (χ2n) is 7.82. The Hall–Kier alpha value is -2.37. The molecule has 4 rings (SSSR count). The summed E-state index contributed by atoms with van der Waals surface area (Å²) in [6.07, 6.45) is 3.52. The number of benzene rings is 1. The van der Waals surface area contributed by atoms with Crippen LogP contribution in [-0.4, -0.2) is 53.3 Å². The summed E-state index contributed by atoms with van der Waals surface area (Å²) in [6, 6.07) is 7.45. The average Bonchev–Trinajstić information content (AvgIpc) is 3.18. The lowest BCUT2D eigenvalue weighted by Crippen LogP contribution is -2.72. The Balaban J connectivity index is 1.87. The highest BCUT2D eigenvalue weighted by Gasteiger charge is 2.64. The number of imide groups is 2. The molecule has 0 bridgehead atoms. The van der Waals surface area contributed by atoms with Crippen LogP contribution in [0.25, 0.3) is 0 Å². The van der Waals surface area contributed by atoms with Gasteiger partial charge in [0, 0.05) is 25.3 Å². The van der Waals surface area contributed by atoms with Gasteiger partial charge in [-0.3, -0.25) is 19.4 Å². The largest absolute Gasteiger partial charge is 0.367 e. The second-order valence-corrected chi connectivity index (χ2v) is 7.82. The van der Waals surface area contributed by atoms with E-state index >= 15 is 0 Å². The summed E-state index contributed by atoms with van der Waals surface area (Å²) in [7, 11) is 0. The molecule has 2 fully saturated rings. The summed E-state index contributed by atoms with van der Waals surface area (Å²) in [5.74, 6) is -0.587. The number of carbonyl (C=O) groups excluding carboxylic acids is 3. The van der Waals surface area contributed by atoms with Gasteiger partial charge in [0.25, 0.3) is 0 Å². The molecule has 3 aliphatic rings. The fourth-order valence-electron chi connectivity index (χ4n) is 5.10. The molecule has 0 aromatic heterocycles. The van der Waals surface area contributed by atoms with Crippen molar-refractivity contribution < 1.29 is 14.4 Å². The van der Waals surface area contributed by atoms with Gasteiger partial charge in [-0.15, -0.1) is 0 Å². The van der Waals surface area contributed by atoms with Crippen molar-refractivity contribution in [2.45, 2.75) is 52.0 Å². The van der Waals surface area contributed by atoms with Crippen molar-refractivity contribution in [1.29, 1.82) is 0 Å². The van der Waals surface area contributed by atoms with Gasteiger partial charge in [0.1, 0.15) is 0 Å². The van der Waals surface area contributed by atoms with Crippen LogP contribution < -0.4 is 4.90 Å². The van der Waals surface area contributed by atoms with E-state index in [4.69, 9.17) is 0 Å². The van der Waals surface area contributed by atoms with Crippen LogP contribution in [0, 0.1) is 5.41 Å². The molecular formula is C21H27N3O3. The van der Waals surface area contributed by atoms with Gasteiger partial charge in [-0.05, 0) is 43.7 Å². The summed E-state index contributed by atoms with van der Waals surface area (Å²) >= 11 is 0. The molecule has 1 spiro atoms. The molecule has 0 N–H and O–H groups in total. The van der Waals surface area contributed by atoms with Crippen LogP contribution in [0.3, 0.4) is 0 Å². The summed E-state index contributed by atoms with van der Waals surface area (Å²) in [6.45, 7) is 5.47. The minimum Gasteiger partial charge on any atom is -0.367 e. The predicted molar refractivity (Wildman–Crippen MR) is 102 cm³/mol. The molecule has 6 nitrogen and oxygen atoms in total. The first-order valence-corrected chi connectivity index (χ1v) is 10.1. The zero-order valence-electron chi connectivity index (χ0n) is 16.1. The van der Waals surface area contributed by atoms with Crippen LogP contribution in [0.15, 0.2) is 24.3 Å². The zero-order valence-corrected chi connectivity index (χ0v) is 16.1. The van der Waals surface area contributed by atoms with E-state index in [-0.39, 0.29) is 17.9 Å². The number of hydrogen-bond donors (Lipinski definition) is 0.